The molecule has 0 unspecified atom stereocenters. The normalized spacial score (nSPS) is 11.1. The van der Waals surface area contributed by atoms with Crippen molar-refractivity contribution < 1.29 is 22.3 Å². The Labute approximate surface area is 170 Å². The van der Waals surface area contributed by atoms with Crippen LogP contribution in [0.25, 0.3) is 0 Å². The van der Waals surface area contributed by atoms with Gasteiger partial charge in [0.1, 0.15) is 18.2 Å². The molecule has 1 amide bonds. The van der Waals surface area contributed by atoms with Crippen molar-refractivity contribution in [2.24, 2.45) is 0 Å². The number of carbonyl (C=O) groups excluding carboxylic acids is 1. The summed E-state index contributed by atoms with van der Waals surface area (Å²) in [6.07, 6.45) is 0. The van der Waals surface area contributed by atoms with Crippen LogP contribution in [0.5, 0.6) is 5.75 Å². The summed E-state index contributed by atoms with van der Waals surface area (Å²) >= 11 is 3.33. The van der Waals surface area contributed by atoms with Gasteiger partial charge in [0.25, 0.3) is 15.9 Å². The molecule has 28 heavy (non-hydrogen) atoms. The Balaban J connectivity index is 1.83. The average molecular weight is 464 g/mol. The lowest BCUT2D eigenvalue weighted by molar-refractivity contribution is 0.0977. The van der Waals surface area contributed by atoms with Crippen LogP contribution in [0.15, 0.2) is 82.2 Å². The maximum absolute atomic E-state index is 13.0. The number of hydrogen-bond acceptors (Lipinski definition) is 4. The molecule has 0 bridgehead atoms. The lowest BCUT2D eigenvalue weighted by Crippen LogP contribution is -2.31. The largest absolute Gasteiger partial charge is 0.487 e. The minimum absolute atomic E-state index is 0.0518. The molecule has 8 heteroatoms. The summed E-state index contributed by atoms with van der Waals surface area (Å²) in [4.78, 5) is 12.4. The van der Waals surface area contributed by atoms with E-state index in [0.29, 0.717) is 4.47 Å². The van der Waals surface area contributed by atoms with Crippen molar-refractivity contribution in [2.75, 3.05) is 0 Å². The zero-order chi connectivity index (χ0) is 20.1. The number of benzene rings is 3. The molecule has 0 atom stereocenters. The molecule has 0 aromatic heterocycles. The van der Waals surface area contributed by atoms with E-state index in [9.17, 15) is 17.6 Å². The SMILES string of the molecule is O=C(NS(=O)(=O)c1ccc(F)cc1)c1cccc(Br)c1OCc1ccccc1. The molecule has 0 saturated carbocycles. The lowest BCUT2D eigenvalue weighted by atomic mass is 10.2. The fourth-order valence-electron chi connectivity index (χ4n) is 2.41. The van der Waals surface area contributed by atoms with E-state index in [2.05, 4.69) is 15.9 Å². The Morgan fingerprint density at radius 3 is 2.32 bits per heavy atom. The molecule has 0 saturated heterocycles. The van der Waals surface area contributed by atoms with Gasteiger partial charge in [-0.25, -0.2) is 17.5 Å². The molecule has 0 aliphatic rings. The van der Waals surface area contributed by atoms with E-state index in [1.807, 2.05) is 35.1 Å². The van der Waals surface area contributed by atoms with Gasteiger partial charge in [-0.15, -0.1) is 0 Å². The average Bonchev–Trinajstić information content (AvgIpc) is 2.67. The lowest BCUT2D eigenvalue weighted by Gasteiger charge is -2.14. The number of sulfonamides is 1. The van der Waals surface area contributed by atoms with Crippen molar-refractivity contribution in [2.45, 2.75) is 11.5 Å². The summed E-state index contributed by atoms with van der Waals surface area (Å²) in [5.74, 6) is -1.21. The van der Waals surface area contributed by atoms with Gasteiger partial charge in [0.05, 0.1) is 14.9 Å². The van der Waals surface area contributed by atoms with E-state index in [1.54, 1.807) is 12.1 Å². The quantitative estimate of drug-likeness (QED) is 0.591. The number of rotatable bonds is 6. The second-order valence-corrected chi connectivity index (χ2v) is 8.32. The number of halogens is 2. The standard InChI is InChI=1S/C20H15BrFNO4S/c21-18-8-4-7-17(19(18)27-13-14-5-2-1-3-6-14)20(24)23-28(25,26)16-11-9-15(22)10-12-16/h1-12H,13H2,(H,23,24). The monoisotopic (exact) mass is 463 g/mol. The second-order valence-electron chi connectivity index (χ2n) is 5.78. The van der Waals surface area contributed by atoms with Crippen LogP contribution in [0.2, 0.25) is 0 Å². The molecule has 0 aliphatic heterocycles. The summed E-state index contributed by atoms with van der Waals surface area (Å²) in [5.41, 5.74) is 0.944. The third-order valence-corrected chi connectivity index (χ3v) is 5.76. The highest BCUT2D eigenvalue weighted by Gasteiger charge is 2.22. The molecule has 0 spiro atoms. The van der Waals surface area contributed by atoms with Crippen LogP contribution in [-0.4, -0.2) is 14.3 Å². The van der Waals surface area contributed by atoms with Gasteiger partial charge in [-0.2, -0.15) is 0 Å². The summed E-state index contributed by atoms with van der Waals surface area (Å²) in [5, 5.41) is 0. The maximum atomic E-state index is 13.0. The highest BCUT2D eigenvalue weighted by molar-refractivity contribution is 9.10. The summed E-state index contributed by atoms with van der Waals surface area (Å²) in [6, 6.07) is 18.3. The highest BCUT2D eigenvalue weighted by atomic mass is 79.9. The van der Waals surface area contributed by atoms with E-state index in [1.165, 1.54) is 6.07 Å². The molecule has 144 valence electrons. The highest BCUT2D eigenvalue weighted by Crippen LogP contribution is 2.30. The molecule has 0 aliphatic carbocycles. The molecule has 1 N–H and O–H groups in total. The van der Waals surface area contributed by atoms with Crippen LogP contribution >= 0.6 is 15.9 Å². The van der Waals surface area contributed by atoms with Crippen molar-refractivity contribution in [3.05, 3.63) is 94.2 Å². The smallest absolute Gasteiger partial charge is 0.268 e. The molecule has 0 fully saturated rings. The first kappa shape index (κ1) is 20.0. The van der Waals surface area contributed by atoms with Gasteiger partial charge in [0.2, 0.25) is 0 Å². The maximum Gasteiger partial charge on any atom is 0.268 e. The summed E-state index contributed by atoms with van der Waals surface area (Å²) < 4.78 is 46.1. The molecular weight excluding hydrogens is 449 g/mol. The van der Waals surface area contributed by atoms with Crippen molar-refractivity contribution in [1.82, 2.24) is 4.72 Å². The van der Waals surface area contributed by atoms with Gasteiger partial charge in [0.15, 0.2) is 0 Å². The van der Waals surface area contributed by atoms with E-state index in [4.69, 9.17) is 4.74 Å². The van der Waals surface area contributed by atoms with Gasteiger partial charge in [-0.3, -0.25) is 4.79 Å². The van der Waals surface area contributed by atoms with Crippen LogP contribution < -0.4 is 9.46 Å². The molecular formula is C20H15BrFNO4S. The predicted molar refractivity (Wildman–Crippen MR) is 106 cm³/mol. The number of amides is 1. The fraction of sp³-hybridized carbons (Fsp3) is 0.0500. The number of para-hydroxylation sites is 1. The van der Waals surface area contributed by atoms with Gasteiger partial charge in [0, 0.05) is 0 Å². The minimum Gasteiger partial charge on any atom is -0.487 e. The van der Waals surface area contributed by atoms with Gasteiger partial charge in [-0.05, 0) is 57.9 Å². The molecule has 3 aromatic rings. The Hall–Kier alpha value is -2.71. The number of nitrogens with one attached hydrogen (secondary N) is 1. The molecule has 5 nitrogen and oxygen atoms in total. The first-order valence-corrected chi connectivity index (χ1v) is 10.4. The number of hydrogen-bond donors (Lipinski definition) is 1. The van der Waals surface area contributed by atoms with Crippen LogP contribution in [0.4, 0.5) is 4.39 Å². The fourth-order valence-corrected chi connectivity index (χ4v) is 3.86. The molecule has 3 rings (SSSR count). The Kier molecular flexibility index (Phi) is 6.11. The Morgan fingerprint density at radius 1 is 0.964 bits per heavy atom. The predicted octanol–water partition coefficient (Wildman–Crippen LogP) is 4.29. The zero-order valence-corrected chi connectivity index (χ0v) is 16.8. The number of ether oxygens (including phenoxy) is 1. The number of carbonyl (C=O) groups is 1. The minimum atomic E-state index is -4.16. The van der Waals surface area contributed by atoms with Gasteiger partial charge < -0.3 is 4.74 Å². The zero-order valence-electron chi connectivity index (χ0n) is 14.4. The second kappa shape index (κ2) is 8.53. The van der Waals surface area contributed by atoms with E-state index in [0.717, 1.165) is 29.8 Å². The van der Waals surface area contributed by atoms with Crippen molar-refractivity contribution in [3.8, 4) is 5.75 Å². The summed E-state index contributed by atoms with van der Waals surface area (Å²) in [7, 11) is -4.16. The third kappa shape index (κ3) is 4.76. The van der Waals surface area contributed by atoms with E-state index < -0.39 is 21.7 Å². The van der Waals surface area contributed by atoms with Crippen molar-refractivity contribution in [3.63, 3.8) is 0 Å². The topological polar surface area (TPSA) is 72.5 Å². The van der Waals surface area contributed by atoms with Crippen LogP contribution in [0, 0.1) is 5.82 Å². The molecule has 0 heterocycles. The third-order valence-electron chi connectivity index (χ3n) is 3.79. The first-order valence-electron chi connectivity index (χ1n) is 8.15. The summed E-state index contributed by atoms with van der Waals surface area (Å²) in [6.45, 7) is 0.203. The Morgan fingerprint density at radius 2 is 1.64 bits per heavy atom. The van der Waals surface area contributed by atoms with Gasteiger partial charge >= 0.3 is 0 Å². The van der Waals surface area contributed by atoms with E-state index in [-0.39, 0.29) is 22.8 Å². The molecule has 3 aromatic carbocycles. The van der Waals surface area contributed by atoms with Crippen LogP contribution in [-0.2, 0) is 16.6 Å². The molecule has 0 radical (unpaired) electrons. The van der Waals surface area contributed by atoms with Crippen molar-refractivity contribution in [1.29, 1.82) is 0 Å². The van der Waals surface area contributed by atoms with E-state index >= 15 is 0 Å². The Bertz CT molecular complexity index is 1090. The van der Waals surface area contributed by atoms with Crippen LogP contribution in [0.3, 0.4) is 0 Å². The van der Waals surface area contributed by atoms with Crippen molar-refractivity contribution >= 4 is 31.9 Å². The van der Waals surface area contributed by atoms with Gasteiger partial charge in [-0.1, -0.05) is 36.4 Å². The first-order chi connectivity index (χ1) is 13.4. The van der Waals surface area contributed by atoms with Crippen LogP contribution in [0.1, 0.15) is 15.9 Å².